The van der Waals surface area contributed by atoms with Gasteiger partial charge in [-0.05, 0) is 24.3 Å². The topological polar surface area (TPSA) is 46.1 Å². The number of ether oxygens (including phenoxy) is 2. The molecule has 5 nitrogen and oxygen atoms in total. The zero-order chi connectivity index (χ0) is 15.3. The van der Waals surface area contributed by atoms with Crippen LogP contribution >= 0.6 is 35.3 Å². The molecule has 0 saturated carbocycles. The number of methoxy groups -OCH3 is 1. The van der Waals surface area contributed by atoms with Crippen LogP contribution < -0.4 is 5.32 Å². The van der Waals surface area contributed by atoms with Gasteiger partial charge in [-0.25, -0.2) is 0 Å². The van der Waals surface area contributed by atoms with E-state index in [9.17, 15) is 0 Å². The van der Waals surface area contributed by atoms with Gasteiger partial charge in [0.1, 0.15) is 0 Å². The van der Waals surface area contributed by atoms with E-state index in [0.29, 0.717) is 13.2 Å². The Labute approximate surface area is 155 Å². The first-order valence-corrected chi connectivity index (χ1v) is 8.16. The Hall–Kier alpha value is -0.380. The summed E-state index contributed by atoms with van der Waals surface area (Å²) in [5.74, 6) is 0.934. The van der Waals surface area contributed by atoms with Gasteiger partial charge in [0.05, 0.1) is 13.2 Å². The van der Waals surface area contributed by atoms with Crippen LogP contribution in [0.4, 0.5) is 0 Å². The average molecular weight is 441 g/mol. The number of hydrogen-bond donors (Lipinski definition) is 1. The minimum absolute atomic E-state index is 0. The van der Waals surface area contributed by atoms with E-state index in [2.05, 4.69) is 39.8 Å². The van der Waals surface area contributed by atoms with Crippen molar-refractivity contribution in [1.82, 2.24) is 10.2 Å². The van der Waals surface area contributed by atoms with Crippen molar-refractivity contribution in [3.63, 3.8) is 0 Å². The van der Waals surface area contributed by atoms with Crippen molar-refractivity contribution in [3.8, 4) is 0 Å². The van der Waals surface area contributed by atoms with Crippen LogP contribution in [0.3, 0.4) is 0 Å². The Bertz CT molecular complexity index is 388. The number of likely N-dealkylation sites (N-methyl/N-ethyl adjacent to an activating group) is 1. The lowest BCUT2D eigenvalue weighted by Crippen LogP contribution is -2.40. The summed E-state index contributed by atoms with van der Waals surface area (Å²) in [6.07, 6.45) is 2.01. The van der Waals surface area contributed by atoms with Gasteiger partial charge < -0.3 is 19.7 Å². The summed E-state index contributed by atoms with van der Waals surface area (Å²) in [4.78, 5) is 7.87. The molecule has 0 unspecified atom stereocenters. The van der Waals surface area contributed by atoms with Crippen molar-refractivity contribution in [2.45, 2.75) is 12.8 Å². The Morgan fingerprint density at radius 1 is 1.36 bits per heavy atom. The molecule has 7 heteroatoms. The molecule has 0 aliphatic heterocycles. The largest absolute Gasteiger partial charge is 0.382 e. The van der Waals surface area contributed by atoms with Crippen molar-refractivity contribution in [1.29, 1.82) is 0 Å². The third-order valence-corrected chi connectivity index (χ3v) is 3.96. The van der Waals surface area contributed by atoms with Gasteiger partial charge in [-0.3, -0.25) is 4.99 Å². The average Bonchev–Trinajstić information content (AvgIpc) is 3.01. The van der Waals surface area contributed by atoms with Crippen LogP contribution in [-0.2, 0) is 15.9 Å². The number of halogens is 1. The van der Waals surface area contributed by atoms with Crippen LogP contribution in [-0.4, -0.2) is 65.0 Å². The normalized spacial score (nSPS) is 11.1. The van der Waals surface area contributed by atoms with Crippen LogP contribution in [0.25, 0.3) is 0 Å². The van der Waals surface area contributed by atoms with E-state index >= 15 is 0 Å². The van der Waals surface area contributed by atoms with E-state index in [4.69, 9.17) is 9.47 Å². The first-order chi connectivity index (χ1) is 10.3. The zero-order valence-corrected chi connectivity index (χ0v) is 16.9. The lowest BCUT2D eigenvalue weighted by atomic mass is 10.3. The van der Waals surface area contributed by atoms with Crippen LogP contribution in [0.5, 0.6) is 0 Å². The highest BCUT2D eigenvalue weighted by atomic mass is 127. The maximum atomic E-state index is 5.43. The molecule has 1 aromatic heterocycles. The van der Waals surface area contributed by atoms with Gasteiger partial charge >= 0.3 is 0 Å². The minimum atomic E-state index is 0. The second kappa shape index (κ2) is 14.2. The van der Waals surface area contributed by atoms with Gasteiger partial charge in [0.2, 0.25) is 0 Å². The molecule has 0 aliphatic rings. The molecule has 0 spiro atoms. The van der Waals surface area contributed by atoms with E-state index in [-0.39, 0.29) is 24.0 Å². The van der Waals surface area contributed by atoms with Gasteiger partial charge in [0.15, 0.2) is 5.96 Å². The fraction of sp³-hybridized carbons (Fsp3) is 0.667. The second-order valence-electron chi connectivity index (χ2n) is 4.68. The van der Waals surface area contributed by atoms with Crippen LogP contribution in [0.15, 0.2) is 22.5 Å². The van der Waals surface area contributed by atoms with Crippen molar-refractivity contribution < 1.29 is 9.47 Å². The summed E-state index contributed by atoms with van der Waals surface area (Å²) in [7, 11) is 5.57. The molecule has 128 valence electrons. The molecule has 1 rings (SSSR count). The number of hydrogen-bond acceptors (Lipinski definition) is 4. The van der Waals surface area contributed by atoms with Crippen LogP contribution in [0, 0.1) is 0 Å². The predicted octanol–water partition coefficient (Wildman–Crippen LogP) is 2.47. The first-order valence-electron chi connectivity index (χ1n) is 7.28. The third kappa shape index (κ3) is 9.60. The maximum Gasteiger partial charge on any atom is 0.193 e. The van der Waals surface area contributed by atoms with E-state index in [1.807, 2.05) is 7.05 Å². The zero-order valence-electron chi connectivity index (χ0n) is 13.7. The molecular formula is C15H28IN3O2S. The summed E-state index contributed by atoms with van der Waals surface area (Å²) in [6.45, 7) is 3.88. The van der Waals surface area contributed by atoms with Gasteiger partial charge in [-0.2, -0.15) is 0 Å². The minimum Gasteiger partial charge on any atom is -0.382 e. The van der Waals surface area contributed by atoms with Crippen molar-refractivity contribution >= 4 is 41.3 Å². The van der Waals surface area contributed by atoms with Gasteiger partial charge in [-0.15, -0.1) is 35.3 Å². The van der Waals surface area contributed by atoms with Crippen LogP contribution in [0.1, 0.15) is 11.3 Å². The number of rotatable bonds is 10. The van der Waals surface area contributed by atoms with Crippen molar-refractivity contribution in [2.75, 3.05) is 54.1 Å². The molecular weight excluding hydrogens is 413 g/mol. The Balaban J connectivity index is 0.00000441. The number of aliphatic imine (C=N–C) groups is 1. The summed E-state index contributed by atoms with van der Waals surface area (Å²) in [6, 6.07) is 4.27. The smallest absolute Gasteiger partial charge is 0.193 e. The molecule has 1 N–H and O–H groups in total. The molecule has 0 amide bonds. The lowest BCUT2D eigenvalue weighted by Gasteiger charge is -2.21. The summed E-state index contributed by atoms with van der Waals surface area (Å²) in [5.41, 5.74) is 0. The SMILES string of the molecule is CN=C(NCCCOCCOC)N(C)CCc1cccs1.I. The molecule has 1 heterocycles. The van der Waals surface area contributed by atoms with Crippen LogP contribution in [0.2, 0.25) is 0 Å². The van der Waals surface area contributed by atoms with Crippen molar-refractivity contribution in [3.05, 3.63) is 22.4 Å². The monoisotopic (exact) mass is 441 g/mol. The number of nitrogens with one attached hydrogen (secondary N) is 1. The molecule has 0 saturated heterocycles. The van der Waals surface area contributed by atoms with E-state index in [1.165, 1.54) is 4.88 Å². The molecule has 1 aromatic rings. The summed E-state index contributed by atoms with van der Waals surface area (Å²) >= 11 is 1.80. The summed E-state index contributed by atoms with van der Waals surface area (Å²) in [5, 5.41) is 5.48. The fourth-order valence-electron chi connectivity index (χ4n) is 1.84. The third-order valence-electron chi connectivity index (χ3n) is 3.03. The molecule has 0 atom stereocenters. The molecule has 0 aliphatic carbocycles. The molecule has 0 radical (unpaired) electrons. The summed E-state index contributed by atoms with van der Waals surface area (Å²) < 4.78 is 10.4. The van der Waals surface area contributed by atoms with Gasteiger partial charge in [0.25, 0.3) is 0 Å². The number of thiophene rings is 1. The Morgan fingerprint density at radius 3 is 2.82 bits per heavy atom. The van der Waals surface area contributed by atoms with E-state index in [0.717, 1.165) is 38.5 Å². The predicted molar refractivity (Wildman–Crippen MR) is 105 cm³/mol. The highest BCUT2D eigenvalue weighted by molar-refractivity contribution is 14.0. The number of nitrogens with zero attached hydrogens (tertiary/aromatic N) is 2. The fourth-order valence-corrected chi connectivity index (χ4v) is 2.54. The maximum absolute atomic E-state index is 5.43. The first kappa shape index (κ1) is 21.6. The standard InChI is InChI=1S/C15H27N3O2S.HI/c1-16-15(17-8-5-10-20-12-11-19-3)18(2)9-7-14-6-4-13-21-14;/h4,6,13H,5,7-12H2,1-3H3,(H,16,17);1H. The Morgan fingerprint density at radius 2 is 2.18 bits per heavy atom. The highest BCUT2D eigenvalue weighted by Crippen LogP contribution is 2.09. The molecule has 0 fully saturated rings. The van der Waals surface area contributed by atoms with Crippen molar-refractivity contribution in [2.24, 2.45) is 4.99 Å². The second-order valence-corrected chi connectivity index (χ2v) is 5.72. The molecule has 0 aromatic carbocycles. The van der Waals surface area contributed by atoms with Gasteiger partial charge in [0, 0.05) is 45.8 Å². The lowest BCUT2D eigenvalue weighted by molar-refractivity contribution is 0.0698. The quantitative estimate of drug-likeness (QED) is 0.262. The highest BCUT2D eigenvalue weighted by Gasteiger charge is 2.05. The van der Waals surface area contributed by atoms with E-state index < -0.39 is 0 Å². The molecule has 0 bridgehead atoms. The number of guanidine groups is 1. The molecule has 22 heavy (non-hydrogen) atoms. The van der Waals surface area contributed by atoms with Gasteiger partial charge in [-0.1, -0.05) is 6.07 Å². The van der Waals surface area contributed by atoms with E-state index in [1.54, 1.807) is 18.4 Å². The Kier molecular flexibility index (Phi) is 14.0.